The Morgan fingerprint density at radius 2 is 2.05 bits per heavy atom. The number of hydrogen-bond acceptors (Lipinski definition) is 5. The Morgan fingerprint density at radius 3 is 2.68 bits per heavy atom. The first-order chi connectivity index (χ1) is 9.22. The maximum atomic E-state index is 5.70. The molecule has 0 amide bonds. The maximum Gasteiger partial charge on any atom is 0.247 e. The minimum atomic E-state index is 0.572. The van der Waals surface area contributed by atoms with E-state index in [-0.39, 0.29) is 0 Å². The summed E-state index contributed by atoms with van der Waals surface area (Å²) in [6, 6.07) is 8.42. The molecule has 0 radical (unpaired) electrons. The van der Waals surface area contributed by atoms with Gasteiger partial charge in [-0.25, -0.2) is 0 Å². The number of hydrogen-bond donors (Lipinski definition) is 1. The molecule has 2 aromatic rings. The van der Waals surface area contributed by atoms with Gasteiger partial charge < -0.3 is 9.73 Å². The molecular weight excluding hydrogens is 308 g/mol. The minimum absolute atomic E-state index is 0.572. The van der Waals surface area contributed by atoms with Gasteiger partial charge in [-0.3, -0.25) is 4.90 Å². The lowest BCUT2D eigenvalue weighted by Gasteiger charge is -2.34. The molecule has 1 saturated heterocycles. The van der Waals surface area contributed by atoms with E-state index in [0.717, 1.165) is 23.1 Å². The molecule has 1 fully saturated rings. The third kappa shape index (κ3) is 2.86. The largest absolute Gasteiger partial charge is 0.419 e. The monoisotopic (exact) mass is 322 g/mol. The van der Waals surface area contributed by atoms with E-state index in [1.165, 1.54) is 0 Å². The quantitative estimate of drug-likeness (QED) is 0.931. The zero-order valence-corrected chi connectivity index (χ0v) is 12.2. The van der Waals surface area contributed by atoms with Crippen LogP contribution in [0, 0.1) is 0 Å². The summed E-state index contributed by atoms with van der Waals surface area (Å²) in [4.78, 5) is 2.23. The lowest BCUT2D eigenvalue weighted by atomic mass is 10.1. The molecule has 6 heteroatoms. The van der Waals surface area contributed by atoms with Crippen molar-refractivity contribution in [3.8, 4) is 11.5 Å². The van der Waals surface area contributed by atoms with Crippen LogP contribution in [-0.2, 0) is 6.54 Å². The molecule has 1 aromatic heterocycles. The van der Waals surface area contributed by atoms with E-state index in [4.69, 9.17) is 4.42 Å². The van der Waals surface area contributed by atoms with Gasteiger partial charge in [0.2, 0.25) is 11.8 Å². The number of likely N-dealkylation sites (N-methyl/N-ethyl adjacent to an activating group) is 1. The second-order valence-corrected chi connectivity index (χ2v) is 5.65. The second-order valence-electron chi connectivity index (χ2n) is 4.74. The van der Waals surface area contributed by atoms with Gasteiger partial charge in [0.1, 0.15) is 0 Å². The van der Waals surface area contributed by atoms with Crippen molar-refractivity contribution in [2.24, 2.45) is 0 Å². The molecule has 5 nitrogen and oxygen atoms in total. The fraction of sp³-hybridized carbons (Fsp3) is 0.385. The summed E-state index contributed by atoms with van der Waals surface area (Å²) in [6.07, 6.45) is 0. The van der Waals surface area contributed by atoms with Crippen molar-refractivity contribution in [1.29, 1.82) is 0 Å². The van der Waals surface area contributed by atoms with Crippen LogP contribution in [0.2, 0.25) is 0 Å². The predicted octanol–water partition coefficient (Wildman–Crippen LogP) is 1.90. The summed E-state index contributed by atoms with van der Waals surface area (Å²) < 4.78 is 6.73. The molecule has 3 rings (SSSR count). The van der Waals surface area contributed by atoms with Gasteiger partial charge in [-0.05, 0) is 31.3 Å². The summed E-state index contributed by atoms with van der Waals surface area (Å²) in [5.41, 5.74) is 0.940. The molecule has 0 spiro atoms. The SMILES string of the molecule is CN(Cc1nnc(-c2ccc(Br)cc2)o1)C1CNC1. The molecule has 1 aromatic carbocycles. The van der Waals surface area contributed by atoms with Gasteiger partial charge in [-0.15, -0.1) is 10.2 Å². The highest BCUT2D eigenvalue weighted by molar-refractivity contribution is 9.10. The number of aromatic nitrogens is 2. The molecule has 1 aliphatic rings. The van der Waals surface area contributed by atoms with Gasteiger partial charge in [-0.2, -0.15) is 0 Å². The maximum absolute atomic E-state index is 5.70. The fourth-order valence-corrected chi connectivity index (χ4v) is 2.22. The van der Waals surface area contributed by atoms with Crippen LogP contribution in [0.25, 0.3) is 11.5 Å². The first-order valence-corrected chi connectivity index (χ1v) is 7.01. The molecule has 0 atom stereocenters. The van der Waals surface area contributed by atoms with Crippen molar-refractivity contribution in [3.63, 3.8) is 0 Å². The molecule has 0 aliphatic carbocycles. The molecule has 19 heavy (non-hydrogen) atoms. The molecular formula is C13H15BrN4O. The highest BCUT2D eigenvalue weighted by Crippen LogP contribution is 2.21. The van der Waals surface area contributed by atoms with Crippen LogP contribution in [0.15, 0.2) is 33.2 Å². The molecule has 1 aliphatic heterocycles. The van der Waals surface area contributed by atoms with Gasteiger partial charge >= 0.3 is 0 Å². The van der Waals surface area contributed by atoms with Crippen LogP contribution in [-0.4, -0.2) is 41.3 Å². The van der Waals surface area contributed by atoms with Crippen molar-refractivity contribution in [2.45, 2.75) is 12.6 Å². The average molecular weight is 323 g/mol. The molecule has 0 unspecified atom stereocenters. The Bertz CT molecular complexity index is 550. The molecule has 0 bridgehead atoms. The van der Waals surface area contributed by atoms with Gasteiger partial charge in [0.15, 0.2) is 0 Å². The van der Waals surface area contributed by atoms with E-state index in [0.29, 0.717) is 24.4 Å². The van der Waals surface area contributed by atoms with Gasteiger partial charge in [0, 0.05) is 29.2 Å². The lowest BCUT2D eigenvalue weighted by molar-refractivity contribution is 0.160. The number of nitrogens with one attached hydrogen (secondary N) is 1. The van der Waals surface area contributed by atoms with Crippen LogP contribution in [0.4, 0.5) is 0 Å². The highest BCUT2D eigenvalue weighted by Gasteiger charge is 2.23. The minimum Gasteiger partial charge on any atom is -0.419 e. The van der Waals surface area contributed by atoms with Gasteiger partial charge in [0.25, 0.3) is 0 Å². The Morgan fingerprint density at radius 1 is 1.32 bits per heavy atom. The highest BCUT2D eigenvalue weighted by atomic mass is 79.9. The van der Waals surface area contributed by atoms with Crippen molar-refractivity contribution in [3.05, 3.63) is 34.6 Å². The number of nitrogens with zero attached hydrogens (tertiary/aromatic N) is 3. The lowest BCUT2D eigenvalue weighted by Crippen LogP contribution is -2.55. The van der Waals surface area contributed by atoms with E-state index in [9.17, 15) is 0 Å². The number of benzene rings is 1. The normalized spacial score (nSPS) is 15.7. The Balaban J connectivity index is 1.70. The van der Waals surface area contributed by atoms with Gasteiger partial charge in [0.05, 0.1) is 6.54 Å². The summed E-state index contributed by atoms with van der Waals surface area (Å²) in [5.74, 6) is 1.23. The van der Waals surface area contributed by atoms with Crippen molar-refractivity contribution in [2.75, 3.05) is 20.1 Å². The summed E-state index contributed by atoms with van der Waals surface area (Å²) in [6.45, 7) is 2.75. The standard InChI is InChI=1S/C13H15BrN4O/c1-18(11-6-15-7-11)8-12-16-17-13(19-12)9-2-4-10(14)5-3-9/h2-5,11,15H,6-8H2,1H3. The molecule has 0 saturated carbocycles. The number of halogens is 1. The predicted molar refractivity (Wildman–Crippen MR) is 75.6 cm³/mol. The van der Waals surface area contributed by atoms with Crippen LogP contribution >= 0.6 is 15.9 Å². The first-order valence-electron chi connectivity index (χ1n) is 6.21. The van der Waals surface area contributed by atoms with E-state index in [2.05, 4.69) is 43.4 Å². The summed E-state index contributed by atoms with van der Waals surface area (Å²) >= 11 is 3.41. The zero-order chi connectivity index (χ0) is 13.2. The third-order valence-electron chi connectivity index (χ3n) is 3.33. The molecule has 100 valence electrons. The second kappa shape index (κ2) is 5.40. The van der Waals surface area contributed by atoms with Crippen molar-refractivity contribution >= 4 is 15.9 Å². The van der Waals surface area contributed by atoms with E-state index in [1.807, 2.05) is 24.3 Å². The molecule has 2 heterocycles. The Kier molecular flexibility index (Phi) is 3.63. The van der Waals surface area contributed by atoms with E-state index in [1.54, 1.807) is 0 Å². The molecule has 1 N–H and O–H groups in total. The Labute approximate surface area is 120 Å². The summed E-state index contributed by atoms with van der Waals surface area (Å²) in [5, 5.41) is 11.5. The topological polar surface area (TPSA) is 54.2 Å². The first kappa shape index (κ1) is 12.8. The van der Waals surface area contributed by atoms with Crippen LogP contribution in [0.5, 0.6) is 0 Å². The van der Waals surface area contributed by atoms with Crippen LogP contribution < -0.4 is 5.32 Å². The summed E-state index contributed by atoms with van der Waals surface area (Å²) in [7, 11) is 2.08. The van der Waals surface area contributed by atoms with Crippen molar-refractivity contribution < 1.29 is 4.42 Å². The fourth-order valence-electron chi connectivity index (χ4n) is 1.95. The Hall–Kier alpha value is -1.24. The van der Waals surface area contributed by atoms with Crippen LogP contribution in [0.3, 0.4) is 0 Å². The van der Waals surface area contributed by atoms with Crippen LogP contribution in [0.1, 0.15) is 5.89 Å². The zero-order valence-electron chi connectivity index (χ0n) is 10.6. The van der Waals surface area contributed by atoms with Crippen molar-refractivity contribution in [1.82, 2.24) is 20.4 Å². The van der Waals surface area contributed by atoms with Gasteiger partial charge in [-0.1, -0.05) is 15.9 Å². The number of rotatable bonds is 4. The average Bonchev–Trinajstić information content (AvgIpc) is 2.76. The third-order valence-corrected chi connectivity index (χ3v) is 3.85. The van der Waals surface area contributed by atoms with E-state index >= 15 is 0 Å². The van der Waals surface area contributed by atoms with E-state index < -0.39 is 0 Å². The smallest absolute Gasteiger partial charge is 0.247 e.